The van der Waals surface area contributed by atoms with Crippen LogP contribution in [0.5, 0.6) is 0 Å². The first kappa shape index (κ1) is 17.4. The van der Waals surface area contributed by atoms with Crippen LogP contribution in [0.2, 0.25) is 0 Å². The number of carbonyl (C=O) groups excluding carboxylic acids is 1. The van der Waals surface area contributed by atoms with E-state index in [1.54, 1.807) is 0 Å². The number of amides is 1. The van der Waals surface area contributed by atoms with E-state index in [1.165, 1.54) is 19.3 Å². The minimum absolute atomic E-state index is 0.0260. The van der Waals surface area contributed by atoms with Gasteiger partial charge < -0.3 is 10.1 Å². The second-order valence-corrected chi connectivity index (χ2v) is 7.11. The van der Waals surface area contributed by atoms with Crippen molar-refractivity contribution in [1.29, 1.82) is 0 Å². The van der Waals surface area contributed by atoms with Crippen molar-refractivity contribution in [1.82, 2.24) is 10.2 Å². The molecule has 0 aromatic heterocycles. The molecular formula is C20H30N2O2. The van der Waals surface area contributed by atoms with Gasteiger partial charge in [0, 0.05) is 19.2 Å². The van der Waals surface area contributed by atoms with E-state index in [-0.39, 0.29) is 11.8 Å². The summed E-state index contributed by atoms with van der Waals surface area (Å²) in [6.07, 6.45) is 4.38. The Labute approximate surface area is 145 Å². The molecule has 0 aliphatic carbocycles. The van der Waals surface area contributed by atoms with E-state index in [1.807, 2.05) is 18.2 Å². The van der Waals surface area contributed by atoms with E-state index < -0.39 is 0 Å². The Morgan fingerprint density at radius 2 is 2.00 bits per heavy atom. The number of hydrogen-bond donors (Lipinski definition) is 1. The van der Waals surface area contributed by atoms with Gasteiger partial charge in [0.2, 0.25) is 5.91 Å². The normalized spacial score (nSPS) is 24.0. The Hall–Kier alpha value is -1.39. The Kier molecular flexibility index (Phi) is 6.27. The quantitative estimate of drug-likeness (QED) is 0.872. The highest BCUT2D eigenvalue weighted by molar-refractivity contribution is 5.83. The Bertz CT molecular complexity index is 506. The van der Waals surface area contributed by atoms with E-state index >= 15 is 0 Å². The summed E-state index contributed by atoms with van der Waals surface area (Å²) in [5.74, 6) is 0.762. The highest BCUT2D eigenvalue weighted by Gasteiger charge is 2.28. The van der Waals surface area contributed by atoms with Crippen LogP contribution in [-0.4, -0.2) is 49.7 Å². The van der Waals surface area contributed by atoms with Crippen LogP contribution in [0.4, 0.5) is 0 Å². The predicted molar refractivity (Wildman–Crippen MR) is 96.0 cm³/mol. The molecule has 2 atom stereocenters. The van der Waals surface area contributed by atoms with Gasteiger partial charge in [0.1, 0.15) is 0 Å². The van der Waals surface area contributed by atoms with E-state index in [4.69, 9.17) is 4.74 Å². The third-order valence-corrected chi connectivity index (χ3v) is 5.56. The summed E-state index contributed by atoms with van der Waals surface area (Å²) in [5.41, 5.74) is 1.12. The summed E-state index contributed by atoms with van der Waals surface area (Å²) in [6.45, 7) is 7.00. The van der Waals surface area contributed by atoms with Gasteiger partial charge in [-0.05, 0) is 50.3 Å². The minimum Gasteiger partial charge on any atom is -0.380 e. The monoisotopic (exact) mass is 330 g/mol. The third-order valence-electron chi connectivity index (χ3n) is 5.56. The lowest BCUT2D eigenvalue weighted by Gasteiger charge is -2.35. The van der Waals surface area contributed by atoms with Crippen LogP contribution in [0.3, 0.4) is 0 Å². The SMILES string of the molecule is CC[C@@H](C(=O)NCC1CCN([C@H]2CCOC2)CC1)c1ccccc1. The first-order valence-corrected chi connectivity index (χ1v) is 9.42. The standard InChI is InChI=1S/C20H30N2O2/c1-2-19(17-6-4-3-5-7-17)20(23)21-14-16-8-11-22(12-9-16)18-10-13-24-15-18/h3-7,16,18-19H,2,8-15H2,1H3,(H,21,23)/t18-,19+/m0/s1. The van der Waals surface area contributed by atoms with Crippen LogP contribution in [0.25, 0.3) is 0 Å². The number of likely N-dealkylation sites (tertiary alicyclic amines) is 1. The van der Waals surface area contributed by atoms with E-state index in [0.717, 1.165) is 44.8 Å². The summed E-state index contributed by atoms with van der Waals surface area (Å²) in [6, 6.07) is 10.7. The van der Waals surface area contributed by atoms with Crippen LogP contribution in [0, 0.1) is 5.92 Å². The third kappa shape index (κ3) is 4.37. The van der Waals surface area contributed by atoms with Crippen molar-refractivity contribution in [3.63, 3.8) is 0 Å². The predicted octanol–water partition coefficient (Wildman–Crippen LogP) is 2.80. The van der Waals surface area contributed by atoms with Crippen LogP contribution in [0.1, 0.15) is 44.1 Å². The Morgan fingerprint density at radius 1 is 1.25 bits per heavy atom. The molecular weight excluding hydrogens is 300 g/mol. The molecule has 0 spiro atoms. The number of piperidine rings is 1. The zero-order valence-electron chi connectivity index (χ0n) is 14.7. The molecule has 0 radical (unpaired) electrons. The largest absolute Gasteiger partial charge is 0.380 e. The zero-order valence-corrected chi connectivity index (χ0v) is 14.7. The maximum Gasteiger partial charge on any atom is 0.227 e. The van der Waals surface area contributed by atoms with Gasteiger partial charge in [-0.2, -0.15) is 0 Å². The minimum atomic E-state index is -0.0260. The summed E-state index contributed by atoms with van der Waals surface area (Å²) in [7, 11) is 0. The molecule has 0 bridgehead atoms. The Morgan fingerprint density at radius 3 is 2.62 bits per heavy atom. The van der Waals surface area contributed by atoms with E-state index in [2.05, 4.69) is 29.3 Å². The molecule has 4 nitrogen and oxygen atoms in total. The number of rotatable bonds is 6. The van der Waals surface area contributed by atoms with Crippen molar-refractivity contribution in [3.8, 4) is 0 Å². The molecule has 1 aromatic carbocycles. The van der Waals surface area contributed by atoms with Crippen molar-refractivity contribution in [3.05, 3.63) is 35.9 Å². The number of nitrogens with zero attached hydrogens (tertiary/aromatic N) is 1. The lowest BCUT2D eigenvalue weighted by molar-refractivity contribution is -0.122. The van der Waals surface area contributed by atoms with E-state index in [0.29, 0.717) is 12.0 Å². The van der Waals surface area contributed by atoms with Gasteiger partial charge in [-0.1, -0.05) is 37.3 Å². The van der Waals surface area contributed by atoms with Gasteiger partial charge in [-0.25, -0.2) is 0 Å². The lowest BCUT2D eigenvalue weighted by atomic mass is 9.93. The van der Waals surface area contributed by atoms with Crippen molar-refractivity contribution in [2.24, 2.45) is 5.92 Å². The maximum absolute atomic E-state index is 12.6. The molecule has 2 aliphatic heterocycles. The van der Waals surface area contributed by atoms with Crippen LogP contribution < -0.4 is 5.32 Å². The Balaban J connectivity index is 1.43. The maximum atomic E-state index is 12.6. The molecule has 1 N–H and O–H groups in total. The molecule has 0 unspecified atom stereocenters. The van der Waals surface area contributed by atoms with Gasteiger partial charge >= 0.3 is 0 Å². The van der Waals surface area contributed by atoms with Gasteiger partial charge in [0.05, 0.1) is 12.5 Å². The highest BCUT2D eigenvalue weighted by atomic mass is 16.5. The summed E-state index contributed by atoms with van der Waals surface area (Å²) < 4.78 is 5.50. The molecule has 24 heavy (non-hydrogen) atoms. The molecule has 4 heteroatoms. The summed E-state index contributed by atoms with van der Waals surface area (Å²) in [5, 5.41) is 3.20. The first-order valence-electron chi connectivity index (χ1n) is 9.42. The molecule has 0 saturated carbocycles. The van der Waals surface area contributed by atoms with Gasteiger partial charge in [0.25, 0.3) is 0 Å². The number of benzene rings is 1. The van der Waals surface area contributed by atoms with Crippen molar-refractivity contribution in [2.75, 3.05) is 32.8 Å². The average Bonchev–Trinajstić information content (AvgIpc) is 3.17. The second kappa shape index (κ2) is 8.63. The molecule has 1 aromatic rings. The second-order valence-electron chi connectivity index (χ2n) is 7.11. The number of ether oxygens (including phenoxy) is 1. The fraction of sp³-hybridized carbons (Fsp3) is 0.650. The average molecular weight is 330 g/mol. The zero-order chi connectivity index (χ0) is 16.8. The topological polar surface area (TPSA) is 41.6 Å². The fourth-order valence-electron chi connectivity index (χ4n) is 3.96. The smallest absolute Gasteiger partial charge is 0.227 e. The number of nitrogens with one attached hydrogen (secondary N) is 1. The van der Waals surface area contributed by atoms with Crippen molar-refractivity contribution < 1.29 is 9.53 Å². The summed E-state index contributed by atoms with van der Waals surface area (Å²) >= 11 is 0. The first-order chi connectivity index (χ1) is 11.8. The van der Waals surface area contributed by atoms with Crippen molar-refractivity contribution in [2.45, 2.75) is 44.6 Å². The number of hydrogen-bond acceptors (Lipinski definition) is 3. The fourth-order valence-corrected chi connectivity index (χ4v) is 3.96. The highest BCUT2D eigenvalue weighted by Crippen LogP contribution is 2.23. The lowest BCUT2D eigenvalue weighted by Crippen LogP contribution is -2.44. The molecule has 2 saturated heterocycles. The van der Waals surface area contributed by atoms with Crippen LogP contribution in [-0.2, 0) is 9.53 Å². The van der Waals surface area contributed by atoms with Crippen LogP contribution >= 0.6 is 0 Å². The molecule has 2 heterocycles. The van der Waals surface area contributed by atoms with Crippen molar-refractivity contribution >= 4 is 5.91 Å². The van der Waals surface area contributed by atoms with Gasteiger partial charge in [0.15, 0.2) is 0 Å². The molecule has 1 amide bonds. The summed E-state index contributed by atoms with van der Waals surface area (Å²) in [4.78, 5) is 15.1. The van der Waals surface area contributed by atoms with Gasteiger partial charge in [-0.15, -0.1) is 0 Å². The molecule has 2 aliphatic rings. The molecule has 132 valence electrons. The number of carbonyl (C=O) groups is 1. The van der Waals surface area contributed by atoms with Gasteiger partial charge in [-0.3, -0.25) is 9.69 Å². The molecule has 3 rings (SSSR count). The van der Waals surface area contributed by atoms with E-state index in [9.17, 15) is 4.79 Å². The molecule has 2 fully saturated rings. The van der Waals surface area contributed by atoms with Crippen LogP contribution in [0.15, 0.2) is 30.3 Å².